The third-order valence-electron chi connectivity index (χ3n) is 3.60. The summed E-state index contributed by atoms with van der Waals surface area (Å²) in [7, 11) is 0. The molecule has 0 amide bonds. The van der Waals surface area contributed by atoms with Crippen LogP contribution in [-0.4, -0.2) is 12.0 Å². The Morgan fingerprint density at radius 1 is 1.38 bits per heavy atom. The molecule has 0 saturated heterocycles. The molecule has 0 radical (unpaired) electrons. The van der Waals surface area contributed by atoms with E-state index in [1.54, 1.807) is 0 Å². The minimum absolute atomic E-state index is 0.166. The monoisotopic (exact) mass is 321 g/mol. The predicted octanol–water partition coefficient (Wildman–Crippen LogP) is 4.43. The molecule has 21 heavy (non-hydrogen) atoms. The molecule has 110 valence electrons. The summed E-state index contributed by atoms with van der Waals surface area (Å²) in [6.45, 7) is 2.37. The Hall–Kier alpha value is -1.52. The fourth-order valence-corrected chi connectivity index (χ4v) is 3.63. The molecule has 1 aromatic carbocycles. The summed E-state index contributed by atoms with van der Waals surface area (Å²) in [5.74, 6) is -0.367. The molecule has 0 spiro atoms. The number of rotatable bonds is 3. The second-order valence-corrected chi connectivity index (χ2v) is 7.03. The molecule has 1 aromatic heterocycles. The third-order valence-corrected chi connectivity index (χ3v) is 4.80. The van der Waals surface area contributed by atoms with Gasteiger partial charge in [-0.25, -0.2) is 0 Å². The van der Waals surface area contributed by atoms with Crippen LogP contribution in [0.1, 0.15) is 29.7 Å². The maximum Gasteiger partial charge on any atom is 0.313 e. The lowest BCUT2D eigenvalue weighted by Crippen LogP contribution is -2.30. The van der Waals surface area contributed by atoms with Crippen LogP contribution in [-0.2, 0) is 16.1 Å². The maximum atomic E-state index is 12.4. The number of halogens is 1. The van der Waals surface area contributed by atoms with Crippen molar-refractivity contribution in [1.29, 1.82) is 0 Å². The fourth-order valence-electron chi connectivity index (χ4n) is 2.63. The molecule has 5 heteroatoms. The lowest BCUT2D eigenvalue weighted by Gasteiger charge is -2.29. The van der Waals surface area contributed by atoms with E-state index in [2.05, 4.69) is 12.2 Å². The lowest BCUT2D eigenvalue weighted by atomic mass is 9.87. The minimum Gasteiger partial charge on any atom is -0.459 e. The van der Waals surface area contributed by atoms with Crippen molar-refractivity contribution in [3.05, 3.63) is 51.2 Å². The van der Waals surface area contributed by atoms with Crippen LogP contribution >= 0.6 is 22.9 Å². The zero-order valence-corrected chi connectivity index (χ0v) is 13.2. The Balaban J connectivity index is 1.72. The highest BCUT2D eigenvalue weighted by atomic mass is 35.5. The lowest BCUT2D eigenvalue weighted by molar-refractivity contribution is -0.147. The molecule has 2 heterocycles. The summed E-state index contributed by atoms with van der Waals surface area (Å²) in [5, 5.41) is 3.40. The van der Waals surface area contributed by atoms with Crippen LogP contribution in [0, 0.1) is 0 Å². The van der Waals surface area contributed by atoms with Crippen LogP contribution in [0.25, 0.3) is 0 Å². The summed E-state index contributed by atoms with van der Waals surface area (Å²) < 4.78 is 6.18. The van der Waals surface area contributed by atoms with Crippen LogP contribution < -0.4 is 5.32 Å². The van der Waals surface area contributed by atoms with Crippen LogP contribution in [0.4, 0.5) is 5.69 Å². The van der Waals surface area contributed by atoms with Crippen molar-refractivity contribution < 1.29 is 9.53 Å². The number of hydrogen-bond donors (Lipinski definition) is 1. The number of benzene rings is 1. The highest BCUT2D eigenvalue weighted by Gasteiger charge is 2.30. The Morgan fingerprint density at radius 3 is 2.95 bits per heavy atom. The van der Waals surface area contributed by atoms with E-state index in [-0.39, 0.29) is 24.5 Å². The van der Waals surface area contributed by atoms with E-state index < -0.39 is 0 Å². The fraction of sp³-hybridized carbons (Fsp3) is 0.312. The molecule has 1 N–H and O–H groups in total. The number of para-hydroxylation sites is 1. The number of fused-ring (bicyclic) bond motifs is 1. The van der Waals surface area contributed by atoms with Crippen molar-refractivity contribution in [2.45, 2.75) is 31.9 Å². The van der Waals surface area contributed by atoms with E-state index in [9.17, 15) is 4.79 Å². The van der Waals surface area contributed by atoms with Crippen molar-refractivity contribution in [3.8, 4) is 0 Å². The van der Waals surface area contributed by atoms with Gasteiger partial charge < -0.3 is 10.1 Å². The van der Waals surface area contributed by atoms with Gasteiger partial charge in [0.15, 0.2) is 0 Å². The zero-order chi connectivity index (χ0) is 14.8. The number of carbonyl (C=O) groups is 1. The maximum absolute atomic E-state index is 12.4. The summed E-state index contributed by atoms with van der Waals surface area (Å²) >= 11 is 7.32. The first-order valence-corrected chi connectivity index (χ1v) is 8.09. The van der Waals surface area contributed by atoms with Gasteiger partial charge in [0.05, 0.1) is 10.3 Å². The topological polar surface area (TPSA) is 38.3 Å². The first kappa shape index (κ1) is 14.4. The van der Waals surface area contributed by atoms with Crippen LogP contribution in [0.15, 0.2) is 36.4 Å². The van der Waals surface area contributed by atoms with Crippen LogP contribution in [0.3, 0.4) is 0 Å². The number of ether oxygens (including phenoxy) is 1. The molecule has 0 bridgehead atoms. The largest absolute Gasteiger partial charge is 0.459 e. The van der Waals surface area contributed by atoms with Gasteiger partial charge in [-0.05, 0) is 37.1 Å². The van der Waals surface area contributed by atoms with Gasteiger partial charge >= 0.3 is 5.97 Å². The molecular weight excluding hydrogens is 306 g/mol. The van der Waals surface area contributed by atoms with E-state index in [0.717, 1.165) is 22.5 Å². The van der Waals surface area contributed by atoms with Crippen molar-refractivity contribution in [3.63, 3.8) is 0 Å². The molecule has 0 aliphatic carbocycles. The molecular formula is C16H16ClNO2S. The van der Waals surface area contributed by atoms with Gasteiger partial charge in [0.2, 0.25) is 0 Å². The van der Waals surface area contributed by atoms with Crippen LogP contribution in [0.2, 0.25) is 4.34 Å². The quantitative estimate of drug-likeness (QED) is 0.850. The first-order chi connectivity index (χ1) is 10.1. The number of esters is 1. The first-order valence-electron chi connectivity index (χ1n) is 6.90. The Labute approximate surface area is 132 Å². The predicted molar refractivity (Wildman–Crippen MR) is 86.0 cm³/mol. The molecule has 0 fully saturated rings. The normalized spacial score (nSPS) is 20.5. The molecule has 1 aliphatic heterocycles. The van der Waals surface area contributed by atoms with Gasteiger partial charge in [-0.3, -0.25) is 4.79 Å². The molecule has 0 saturated carbocycles. The van der Waals surface area contributed by atoms with Gasteiger partial charge in [-0.15, -0.1) is 11.3 Å². The third kappa shape index (κ3) is 3.22. The van der Waals surface area contributed by atoms with Crippen molar-refractivity contribution >= 4 is 34.6 Å². The molecule has 2 atom stereocenters. The van der Waals surface area contributed by atoms with Gasteiger partial charge in [-0.2, -0.15) is 0 Å². The van der Waals surface area contributed by atoms with E-state index in [1.807, 2.05) is 36.4 Å². The number of carbonyl (C=O) groups excluding carboxylic acids is 1. The number of nitrogens with one attached hydrogen (secondary N) is 1. The summed E-state index contributed by atoms with van der Waals surface area (Å²) in [6, 6.07) is 11.9. The van der Waals surface area contributed by atoms with E-state index in [1.165, 1.54) is 11.3 Å². The van der Waals surface area contributed by atoms with E-state index in [4.69, 9.17) is 16.3 Å². The van der Waals surface area contributed by atoms with Gasteiger partial charge in [0.25, 0.3) is 0 Å². The molecule has 3 rings (SSSR count). The molecule has 2 aromatic rings. The number of hydrogen-bond acceptors (Lipinski definition) is 4. The standard InChI is InChI=1S/C16H16ClNO2S/c1-10-8-13(12-4-2-3-5-14(12)18-10)16(19)20-9-11-6-7-15(17)21-11/h2-7,10,13,18H,8-9H2,1H3/t10-,13-/m0/s1. The van der Waals surface area contributed by atoms with Crippen molar-refractivity contribution in [1.82, 2.24) is 0 Å². The zero-order valence-electron chi connectivity index (χ0n) is 11.6. The number of anilines is 1. The average Bonchev–Trinajstić information content (AvgIpc) is 2.89. The highest BCUT2D eigenvalue weighted by molar-refractivity contribution is 7.16. The van der Waals surface area contributed by atoms with E-state index >= 15 is 0 Å². The summed E-state index contributed by atoms with van der Waals surface area (Å²) in [4.78, 5) is 13.4. The summed E-state index contributed by atoms with van der Waals surface area (Å²) in [5.41, 5.74) is 2.04. The van der Waals surface area contributed by atoms with E-state index in [0.29, 0.717) is 4.34 Å². The molecule has 3 nitrogen and oxygen atoms in total. The van der Waals surface area contributed by atoms with Crippen molar-refractivity contribution in [2.24, 2.45) is 0 Å². The Bertz CT molecular complexity index is 655. The van der Waals surface area contributed by atoms with Gasteiger partial charge in [0, 0.05) is 16.6 Å². The second kappa shape index (κ2) is 6.08. The Kier molecular flexibility index (Phi) is 4.17. The molecule has 1 aliphatic rings. The SMILES string of the molecule is C[C@H]1C[C@H](C(=O)OCc2ccc(Cl)s2)c2ccccc2N1. The van der Waals surface area contributed by atoms with Crippen LogP contribution in [0.5, 0.6) is 0 Å². The minimum atomic E-state index is -0.201. The van der Waals surface area contributed by atoms with Gasteiger partial charge in [-0.1, -0.05) is 29.8 Å². The van der Waals surface area contributed by atoms with Crippen molar-refractivity contribution in [2.75, 3.05) is 5.32 Å². The average molecular weight is 322 g/mol. The smallest absolute Gasteiger partial charge is 0.313 e. The molecule has 0 unspecified atom stereocenters. The van der Waals surface area contributed by atoms with Gasteiger partial charge in [0.1, 0.15) is 6.61 Å². The number of thiophene rings is 1. The Morgan fingerprint density at radius 2 is 2.19 bits per heavy atom. The highest BCUT2D eigenvalue weighted by Crippen LogP contribution is 2.35. The second-order valence-electron chi connectivity index (χ2n) is 5.23. The summed E-state index contributed by atoms with van der Waals surface area (Å²) in [6.07, 6.45) is 0.751.